The zero-order valence-corrected chi connectivity index (χ0v) is 12.4. The lowest BCUT2D eigenvalue weighted by Crippen LogP contribution is -2.09. The number of benzene rings is 1. The van der Waals surface area contributed by atoms with Gasteiger partial charge in [0.2, 0.25) is 0 Å². The van der Waals surface area contributed by atoms with Crippen LogP contribution in [-0.4, -0.2) is 8.94 Å². The minimum absolute atomic E-state index is 0.0253. The molecule has 2 aromatic heterocycles. The van der Waals surface area contributed by atoms with E-state index in [9.17, 15) is 4.79 Å². The number of rotatable bonds is 2. The molecule has 0 aliphatic heterocycles. The largest absolute Gasteiger partial charge is 0.268 e. The van der Waals surface area contributed by atoms with Gasteiger partial charge in [-0.05, 0) is 19.1 Å². The number of thiazole rings is 1. The van der Waals surface area contributed by atoms with Crippen molar-refractivity contribution in [2.24, 2.45) is 0 Å². The van der Waals surface area contributed by atoms with Crippen LogP contribution >= 0.6 is 34.5 Å². The zero-order chi connectivity index (χ0) is 13.4. The third-order valence-corrected chi connectivity index (χ3v) is 4.65. The molecule has 6 heteroatoms. The maximum absolute atomic E-state index is 11.7. The maximum atomic E-state index is 11.7. The second-order valence-electron chi connectivity index (χ2n) is 3.95. The van der Waals surface area contributed by atoms with Gasteiger partial charge in [-0.2, -0.15) is 0 Å². The van der Waals surface area contributed by atoms with E-state index < -0.39 is 0 Å². The molecule has 0 saturated carbocycles. The molecule has 0 aliphatic carbocycles. The zero-order valence-electron chi connectivity index (χ0n) is 9.96. The Balaban J connectivity index is 2.13. The van der Waals surface area contributed by atoms with Gasteiger partial charge < -0.3 is 0 Å². The Bertz CT molecular complexity index is 788. The van der Waals surface area contributed by atoms with E-state index in [4.69, 9.17) is 11.6 Å². The van der Waals surface area contributed by atoms with Gasteiger partial charge in [0.1, 0.15) is 10.0 Å². The van der Waals surface area contributed by atoms with Crippen LogP contribution in [0.25, 0.3) is 16.9 Å². The third-order valence-electron chi connectivity index (χ3n) is 2.62. The molecule has 0 unspecified atom stereocenters. The lowest BCUT2D eigenvalue weighted by molar-refractivity contribution is 1.13. The fraction of sp³-hybridized carbons (Fsp3) is 0.0769. The highest BCUT2D eigenvalue weighted by molar-refractivity contribution is 7.16. The molecule has 0 atom stereocenters. The average Bonchev–Trinajstić information content (AvgIpc) is 2.95. The highest BCUT2D eigenvalue weighted by atomic mass is 35.5. The van der Waals surface area contributed by atoms with Crippen molar-refractivity contribution in [3.05, 3.63) is 55.4 Å². The molecule has 3 rings (SSSR count). The normalized spacial score (nSPS) is 10.8. The Kier molecular flexibility index (Phi) is 3.26. The van der Waals surface area contributed by atoms with E-state index >= 15 is 0 Å². The fourth-order valence-corrected chi connectivity index (χ4v) is 3.66. The van der Waals surface area contributed by atoms with Crippen LogP contribution in [0.5, 0.6) is 0 Å². The first-order valence-electron chi connectivity index (χ1n) is 5.56. The summed E-state index contributed by atoms with van der Waals surface area (Å²) in [6, 6.07) is 9.23. The first-order valence-corrected chi connectivity index (χ1v) is 7.59. The van der Waals surface area contributed by atoms with E-state index in [1.54, 1.807) is 15.4 Å². The smallest absolute Gasteiger partial charge is 0.265 e. The predicted molar refractivity (Wildman–Crippen MR) is 80.8 cm³/mol. The minimum atomic E-state index is -0.0253. The summed E-state index contributed by atoms with van der Waals surface area (Å²) >= 11 is 9.01. The van der Waals surface area contributed by atoms with Gasteiger partial charge in [0.15, 0.2) is 0 Å². The molecule has 3 nitrogen and oxygen atoms in total. The number of nitrogens with zero attached hydrogens (tertiary/aromatic N) is 2. The Morgan fingerprint density at radius 2 is 2.16 bits per heavy atom. The molecule has 0 bridgehead atoms. The molecular weight excluding hydrogens is 300 g/mol. The Morgan fingerprint density at radius 1 is 1.32 bits per heavy atom. The van der Waals surface area contributed by atoms with Crippen molar-refractivity contribution in [1.29, 1.82) is 0 Å². The van der Waals surface area contributed by atoms with Crippen LogP contribution in [0.3, 0.4) is 0 Å². The van der Waals surface area contributed by atoms with E-state index in [0.29, 0.717) is 4.34 Å². The number of aromatic nitrogens is 2. The van der Waals surface area contributed by atoms with E-state index in [1.807, 2.05) is 31.2 Å². The van der Waals surface area contributed by atoms with E-state index in [1.165, 1.54) is 22.9 Å². The fourth-order valence-electron chi connectivity index (χ4n) is 1.82. The maximum Gasteiger partial charge on any atom is 0.265 e. The van der Waals surface area contributed by atoms with Gasteiger partial charge in [-0.25, -0.2) is 8.94 Å². The third kappa shape index (κ3) is 2.36. The molecule has 0 fully saturated rings. The molecule has 1 aromatic carbocycles. The summed E-state index contributed by atoms with van der Waals surface area (Å²) in [4.78, 5) is 16.1. The standard InChI is InChI=1S/C13H9ClN2OS2/c1-8-15-12(13(14)19-8)9-3-2-4-10(7-9)16-11(17)5-6-18-16/h2-7H,1H3. The second kappa shape index (κ2) is 4.92. The molecule has 96 valence electrons. The Labute approximate surface area is 122 Å². The topological polar surface area (TPSA) is 34.9 Å². The monoisotopic (exact) mass is 308 g/mol. The van der Waals surface area contributed by atoms with Crippen LogP contribution in [0, 0.1) is 6.92 Å². The van der Waals surface area contributed by atoms with Gasteiger partial charge in [-0.1, -0.05) is 35.3 Å². The molecule has 0 amide bonds. The summed E-state index contributed by atoms with van der Waals surface area (Å²) in [6.07, 6.45) is 0. The summed E-state index contributed by atoms with van der Waals surface area (Å²) in [7, 11) is 0. The van der Waals surface area contributed by atoms with Crippen LogP contribution in [0.15, 0.2) is 40.5 Å². The number of halogens is 1. The summed E-state index contributed by atoms with van der Waals surface area (Å²) in [5, 5.41) is 2.70. The summed E-state index contributed by atoms with van der Waals surface area (Å²) in [5.41, 5.74) is 2.50. The molecule has 0 saturated heterocycles. The van der Waals surface area contributed by atoms with Gasteiger partial charge in [-0.15, -0.1) is 11.3 Å². The Morgan fingerprint density at radius 3 is 2.79 bits per heavy atom. The highest BCUT2D eigenvalue weighted by Gasteiger charge is 2.10. The quantitative estimate of drug-likeness (QED) is 0.717. The first kappa shape index (κ1) is 12.6. The predicted octanol–water partition coefficient (Wildman–Crippen LogP) is 3.98. The molecular formula is C13H9ClN2OS2. The first-order chi connectivity index (χ1) is 9.15. The van der Waals surface area contributed by atoms with Crippen molar-refractivity contribution in [3.63, 3.8) is 0 Å². The van der Waals surface area contributed by atoms with Gasteiger partial charge >= 0.3 is 0 Å². The summed E-state index contributed by atoms with van der Waals surface area (Å²) < 4.78 is 2.31. The number of aryl methyl sites for hydroxylation is 1. The average molecular weight is 309 g/mol. The van der Waals surface area contributed by atoms with Crippen molar-refractivity contribution in [2.75, 3.05) is 0 Å². The van der Waals surface area contributed by atoms with Gasteiger partial charge in [0, 0.05) is 17.0 Å². The van der Waals surface area contributed by atoms with Crippen molar-refractivity contribution >= 4 is 34.5 Å². The van der Waals surface area contributed by atoms with Crippen molar-refractivity contribution in [1.82, 2.24) is 8.94 Å². The van der Waals surface area contributed by atoms with Gasteiger partial charge in [-0.3, -0.25) is 4.79 Å². The van der Waals surface area contributed by atoms with E-state index in [2.05, 4.69) is 4.98 Å². The van der Waals surface area contributed by atoms with Crippen molar-refractivity contribution in [3.8, 4) is 16.9 Å². The second-order valence-corrected chi connectivity index (χ2v) is 6.60. The molecule has 0 radical (unpaired) electrons. The molecule has 2 heterocycles. The molecule has 0 spiro atoms. The molecule has 0 aliphatic rings. The minimum Gasteiger partial charge on any atom is -0.268 e. The SMILES string of the molecule is Cc1nc(-c2cccc(-n3sccc3=O)c2)c(Cl)s1. The van der Waals surface area contributed by atoms with E-state index in [0.717, 1.165) is 22.0 Å². The van der Waals surface area contributed by atoms with Crippen LogP contribution < -0.4 is 5.56 Å². The van der Waals surface area contributed by atoms with Crippen LogP contribution in [0.4, 0.5) is 0 Å². The lowest BCUT2D eigenvalue weighted by Gasteiger charge is -2.03. The van der Waals surface area contributed by atoms with Gasteiger partial charge in [0.05, 0.1) is 10.7 Å². The van der Waals surface area contributed by atoms with Crippen LogP contribution in [0.1, 0.15) is 5.01 Å². The van der Waals surface area contributed by atoms with Crippen LogP contribution in [0.2, 0.25) is 4.34 Å². The Hall–Kier alpha value is -1.43. The molecule has 19 heavy (non-hydrogen) atoms. The number of hydrogen-bond acceptors (Lipinski definition) is 4. The highest BCUT2D eigenvalue weighted by Crippen LogP contribution is 2.33. The molecule has 3 aromatic rings. The van der Waals surface area contributed by atoms with Crippen molar-refractivity contribution < 1.29 is 0 Å². The van der Waals surface area contributed by atoms with Crippen molar-refractivity contribution in [2.45, 2.75) is 6.92 Å². The molecule has 0 N–H and O–H groups in total. The lowest BCUT2D eigenvalue weighted by atomic mass is 10.1. The number of hydrogen-bond donors (Lipinski definition) is 0. The van der Waals surface area contributed by atoms with Crippen LogP contribution in [-0.2, 0) is 0 Å². The summed E-state index contributed by atoms with van der Waals surface area (Å²) in [6.45, 7) is 1.92. The van der Waals surface area contributed by atoms with Gasteiger partial charge in [0.25, 0.3) is 5.56 Å². The van der Waals surface area contributed by atoms with E-state index in [-0.39, 0.29) is 5.56 Å². The summed E-state index contributed by atoms with van der Waals surface area (Å²) in [5.74, 6) is 0.